The fourth-order valence-corrected chi connectivity index (χ4v) is 3.60. The van der Waals surface area contributed by atoms with Crippen molar-refractivity contribution >= 4 is 50.8 Å². The Bertz CT molecular complexity index is 995. The zero-order valence-corrected chi connectivity index (χ0v) is 13.4. The van der Waals surface area contributed by atoms with Crippen molar-refractivity contribution in [3.05, 3.63) is 63.8 Å². The summed E-state index contributed by atoms with van der Waals surface area (Å²) in [5.74, 6) is -2.13. The highest BCUT2D eigenvalue weighted by molar-refractivity contribution is 7.20. The quantitative estimate of drug-likeness (QED) is 0.657. The summed E-state index contributed by atoms with van der Waals surface area (Å²) in [6.45, 7) is 0. The molecule has 24 heavy (non-hydrogen) atoms. The van der Waals surface area contributed by atoms with Gasteiger partial charge >= 0.3 is 5.97 Å². The first kappa shape index (κ1) is 14.8. The van der Waals surface area contributed by atoms with Crippen molar-refractivity contribution < 1.29 is 19.2 Å². The maximum absolute atomic E-state index is 12.3. The Hall–Kier alpha value is -2.77. The highest BCUT2D eigenvalue weighted by Gasteiger charge is 2.39. The minimum atomic E-state index is -0.804. The van der Waals surface area contributed by atoms with E-state index in [1.165, 1.54) is 18.3 Å². The van der Waals surface area contributed by atoms with Gasteiger partial charge in [0.05, 0.1) is 20.8 Å². The minimum absolute atomic E-state index is 0.207. The molecule has 0 spiro atoms. The number of benzene rings is 1. The van der Waals surface area contributed by atoms with Crippen LogP contribution in [-0.2, 0) is 4.84 Å². The number of hydroxylamine groups is 2. The highest BCUT2D eigenvalue weighted by Crippen LogP contribution is 2.31. The van der Waals surface area contributed by atoms with Gasteiger partial charge in [0.2, 0.25) is 0 Å². The molecule has 0 fully saturated rings. The molecule has 2 amide bonds. The Kier molecular flexibility index (Phi) is 3.33. The van der Waals surface area contributed by atoms with E-state index in [9.17, 15) is 14.4 Å². The molecule has 0 saturated carbocycles. The van der Waals surface area contributed by atoms with Crippen molar-refractivity contribution in [1.82, 2.24) is 10.0 Å². The van der Waals surface area contributed by atoms with Gasteiger partial charge in [-0.15, -0.1) is 11.3 Å². The van der Waals surface area contributed by atoms with Crippen LogP contribution in [0.3, 0.4) is 0 Å². The van der Waals surface area contributed by atoms with E-state index in [4.69, 9.17) is 16.4 Å². The summed E-state index contributed by atoms with van der Waals surface area (Å²) in [4.78, 5) is 45.9. The number of hydrogen-bond acceptors (Lipinski definition) is 6. The number of amides is 2. The standard InChI is InChI=1S/C16H7ClN2O4S/c17-11-6-18-7-13-10(11)5-12(24-13)16(22)23-19-14(20)8-3-1-2-4-9(8)15(19)21/h1-7H. The summed E-state index contributed by atoms with van der Waals surface area (Å²) in [6.07, 6.45) is 3.04. The predicted octanol–water partition coefficient (Wildman–Crippen LogP) is 3.32. The Morgan fingerprint density at radius 2 is 1.79 bits per heavy atom. The van der Waals surface area contributed by atoms with E-state index in [1.54, 1.807) is 24.4 Å². The Morgan fingerprint density at radius 1 is 1.12 bits per heavy atom. The van der Waals surface area contributed by atoms with Gasteiger partial charge < -0.3 is 4.84 Å². The fraction of sp³-hybridized carbons (Fsp3) is 0. The van der Waals surface area contributed by atoms with Crippen molar-refractivity contribution in [1.29, 1.82) is 0 Å². The van der Waals surface area contributed by atoms with Crippen LogP contribution in [0.5, 0.6) is 0 Å². The largest absolute Gasteiger partial charge is 0.373 e. The van der Waals surface area contributed by atoms with Crippen molar-refractivity contribution in [2.75, 3.05) is 0 Å². The molecule has 3 heterocycles. The van der Waals surface area contributed by atoms with E-state index >= 15 is 0 Å². The maximum atomic E-state index is 12.3. The van der Waals surface area contributed by atoms with Gasteiger partial charge in [0.1, 0.15) is 4.88 Å². The number of halogens is 1. The molecular weight excluding hydrogens is 352 g/mol. The van der Waals surface area contributed by atoms with Crippen LogP contribution in [0.25, 0.3) is 10.1 Å². The van der Waals surface area contributed by atoms with Gasteiger partial charge in [-0.05, 0) is 18.2 Å². The van der Waals surface area contributed by atoms with Crippen molar-refractivity contribution in [3.8, 4) is 0 Å². The molecule has 0 N–H and O–H groups in total. The van der Waals surface area contributed by atoms with Gasteiger partial charge in [-0.2, -0.15) is 0 Å². The van der Waals surface area contributed by atoms with Crippen molar-refractivity contribution in [2.45, 2.75) is 0 Å². The zero-order chi connectivity index (χ0) is 16.8. The molecule has 0 radical (unpaired) electrons. The average molecular weight is 359 g/mol. The molecule has 118 valence electrons. The first-order valence-electron chi connectivity index (χ1n) is 6.79. The molecule has 0 atom stereocenters. The Labute approximate surface area is 144 Å². The summed E-state index contributed by atoms with van der Waals surface area (Å²) >= 11 is 7.14. The van der Waals surface area contributed by atoms with Crippen molar-refractivity contribution in [2.24, 2.45) is 0 Å². The number of imide groups is 1. The highest BCUT2D eigenvalue weighted by atomic mass is 35.5. The van der Waals surface area contributed by atoms with Gasteiger partial charge in [-0.3, -0.25) is 14.6 Å². The van der Waals surface area contributed by atoms with E-state index < -0.39 is 17.8 Å². The third-order valence-corrected chi connectivity index (χ3v) is 4.88. The summed E-state index contributed by atoms with van der Waals surface area (Å²) < 4.78 is 0.705. The number of hydrogen-bond donors (Lipinski definition) is 0. The molecular formula is C16H7ClN2O4S. The molecule has 3 aromatic rings. The second kappa shape index (κ2) is 5.40. The van der Waals surface area contributed by atoms with E-state index in [0.717, 1.165) is 11.3 Å². The number of carbonyl (C=O) groups excluding carboxylic acids is 3. The van der Waals surface area contributed by atoms with E-state index in [1.807, 2.05) is 0 Å². The molecule has 8 heteroatoms. The van der Waals surface area contributed by atoms with E-state index in [2.05, 4.69) is 4.98 Å². The summed E-state index contributed by atoms with van der Waals surface area (Å²) in [6, 6.07) is 7.83. The lowest BCUT2D eigenvalue weighted by molar-refractivity contribution is -0.0581. The second-order valence-corrected chi connectivity index (χ2v) is 6.46. The summed E-state index contributed by atoms with van der Waals surface area (Å²) in [7, 11) is 0. The maximum Gasteiger partial charge on any atom is 0.373 e. The van der Waals surface area contributed by atoms with Crippen LogP contribution >= 0.6 is 22.9 Å². The minimum Gasteiger partial charge on any atom is -0.323 e. The fourth-order valence-electron chi connectivity index (χ4n) is 2.41. The number of thiophene rings is 1. The molecule has 1 aromatic carbocycles. The number of aromatic nitrogens is 1. The average Bonchev–Trinajstić information content (AvgIpc) is 3.12. The molecule has 0 saturated heterocycles. The van der Waals surface area contributed by atoms with Crippen molar-refractivity contribution in [3.63, 3.8) is 0 Å². The van der Waals surface area contributed by atoms with E-state index in [-0.39, 0.29) is 16.0 Å². The number of nitrogens with zero attached hydrogens (tertiary/aromatic N) is 2. The molecule has 0 aliphatic carbocycles. The molecule has 6 nitrogen and oxygen atoms in total. The van der Waals surface area contributed by atoms with Crippen LogP contribution in [0.2, 0.25) is 5.02 Å². The molecule has 1 aliphatic rings. The first-order chi connectivity index (χ1) is 11.6. The van der Waals surface area contributed by atoms with Crippen LogP contribution in [-0.4, -0.2) is 27.8 Å². The smallest absolute Gasteiger partial charge is 0.323 e. The molecule has 2 aromatic heterocycles. The molecule has 0 unspecified atom stereocenters. The van der Waals surface area contributed by atoms with Crippen LogP contribution in [0.15, 0.2) is 42.7 Å². The lowest BCUT2D eigenvalue weighted by Gasteiger charge is -2.11. The molecule has 0 bridgehead atoms. The Balaban J connectivity index is 1.64. The van der Waals surface area contributed by atoms with Gasteiger partial charge in [-0.25, -0.2) is 4.79 Å². The van der Waals surface area contributed by atoms with Crippen LogP contribution in [0.4, 0.5) is 0 Å². The zero-order valence-electron chi connectivity index (χ0n) is 11.9. The topological polar surface area (TPSA) is 76.6 Å². The molecule has 1 aliphatic heterocycles. The van der Waals surface area contributed by atoms with Crippen LogP contribution in [0, 0.1) is 0 Å². The second-order valence-electron chi connectivity index (χ2n) is 4.97. The monoisotopic (exact) mass is 358 g/mol. The van der Waals surface area contributed by atoms with Gasteiger partial charge in [0.25, 0.3) is 11.8 Å². The summed E-state index contributed by atoms with van der Waals surface area (Å²) in [5.41, 5.74) is 0.415. The van der Waals surface area contributed by atoms with Crippen LogP contribution < -0.4 is 0 Å². The lowest BCUT2D eigenvalue weighted by Crippen LogP contribution is -2.32. The molecule has 4 rings (SSSR count). The number of rotatable bonds is 2. The first-order valence-corrected chi connectivity index (χ1v) is 7.99. The van der Waals surface area contributed by atoms with Gasteiger partial charge in [-0.1, -0.05) is 28.8 Å². The number of carbonyl (C=O) groups is 3. The Morgan fingerprint density at radius 3 is 2.42 bits per heavy atom. The third kappa shape index (κ3) is 2.17. The summed E-state index contributed by atoms with van der Waals surface area (Å²) in [5, 5.41) is 1.55. The SMILES string of the molecule is O=C(ON1C(=O)c2ccccc2C1=O)c1cc2c(Cl)cncc2s1. The number of pyridine rings is 1. The van der Waals surface area contributed by atoms with Crippen LogP contribution in [0.1, 0.15) is 30.4 Å². The van der Waals surface area contributed by atoms with Gasteiger partial charge in [0, 0.05) is 17.8 Å². The predicted molar refractivity (Wildman–Crippen MR) is 87.0 cm³/mol. The third-order valence-electron chi connectivity index (χ3n) is 3.53. The van der Waals surface area contributed by atoms with Gasteiger partial charge in [0.15, 0.2) is 0 Å². The lowest BCUT2D eigenvalue weighted by atomic mass is 10.1. The number of fused-ring (bicyclic) bond motifs is 2. The normalized spacial score (nSPS) is 13.5. The van der Waals surface area contributed by atoms with E-state index in [0.29, 0.717) is 20.2 Å².